The number of amides is 1. The second-order valence-electron chi connectivity index (χ2n) is 5.99. The quantitative estimate of drug-likeness (QED) is 0.723. The van der Waals surface area contributed by atoms with Gasteiger partial charge in [0, 0.05) is 6.54 Å². The van der Waals surface area contributed by atoms with E-state index in [9.17, 15) is 4.79 Å². The zero-order valence-electron chi connectivity index (χ0n) is 10.5. The molecule has 3 N–H and O–H groups in total. The van der Waals surface area contributed by atoms with Crippen molar-refractivity contribution in [1.29, 1.82) is 0 Å². The number of nitrogens with two attached hydrogens (primary N) is 1. The van der Waals surface area contributed by atoms with Gasteiger partial charge in [-0.1, -0.05) is 13.3 Å². The Bertz CT molecular complexity index is 278. The summed E-state index contributed by atoms with van der Waals surface area (Å²) >= 11 is 0. The third-order valence-corrected chi connectivity index (χ3v) is 4.28. The van der Waals surface area contributed by atoms with Gasteiger partial charge in [0.25, 0.3) is 0 Å². The lowest BCUT2D eigenvalue weighted by molar-refractivity contribution is -0.126. The molecule has 2 rings (SSSR count). The van der Waals surface area contributed by atoms with Crippen LogP contribution in [0.2, 0.25) is 0 Å². The molecule has 16 heavy (non-hydrogen) atoms. The number of hydrogen-bond donors (Lipinski definition) is 2. The van der Waals surface area contributed by atoms with E-state index in [4.69, 9.17) is 5.73 Å². The van der Waals surface area contributed by atoms with E-state index < -0.39 is 5.54 Å². The van der Waals surface area contributed by atoms with Crippen LogP contribution < -0.4 is 11.1 Å². The molecule has 3 nitrogen and oxygen atoms in total. The SMILES string of the molecule is CCCC1(CNC(=O)C(C)(N)C2CC2)CC1. The largest absolute Gasteiger partial charge is 0.354 e. The first-order valence-electron chi connectivity index (χ1n) is 6.57. The Kier molecular flexibility index (Phi) is 2.99. The Morgan fingerprint density at radius 2 is 2.12 bits per heavy atom. The summed E-state index contributed by atoms with van der Waals surface area (Å²) in [4.78, 5) is 12.0. The van der Waals surface area contributed by atoms with Crippen LogP contribution in [0, 0.1) is 11.3 Å². The lowest BCUT2D eigenvalue weighted by Crippen LogP contribution is -2.54. The van der Waals surface area contributed by atoms with Gasteiger partial charge in [0.15, 0.2) is 0 Å². The molecular formula is C13H24N2O. The number of nitrogens with one attached hydrogen (secondary N) is 1. The Morgan fingerprint density at radius 3 is 2.56 bits per heavy atom. The molecule has 0 spiro atoms. The van der Waals surface area contributed by atoms with Gasteiger partial charge < -0.3 is 11.1 Å². The van der Waals surface area contributed by atoms with Gasteiger partial charge in [0.2, 0.25) is 5.91 Å². The van der Waals surface area contributed by atoms with Gasteiger partial charge in [-0.3, -0.25) is 4.79 Å². The fourth-order valence-electron chi connectivity index (χ4n) is 2.55. The molecule has 0 aromatic heterocycles. The Balaban J connectivity index is 1.79. The molecule has 1 unspecified atom stereocenters. The topological polar surface area (TPSA) is 55.1 Å². The van der Waals surface area contributed by atoms with Crippen LogP contribution in [0.15, 0.2) is 0 Å². The fourth-order valence-corrected chi connectivity index (χ4v) is 2.55. The molecule has 2 aliphatic rings. The standard InChI is InChI=1S/C13H24N2O/c1-3-6-13(7-8-13)9-15-11(16)12(2,14)10-4-5-10/h10H,3-9,14H2,1-2H3,(H,15,16). The smallest absolute Gasteiger partial charge is 0.240 e. The Labute approximate surface area is 98.2 Å². The average molecular weight is 224 g/mol. The van der Waals surface area contributed by atoms with Crippen LogP contribution in [-0.4, -0.2) is 18.0 Å². The molecule has 2 aliphatic carbocycles. The molecule has 2 saturated carbocycles. The molecule has 1 amide bonds. The zero-order chi connectivity index (χ0) is 11.8. The minimum atomic E-state index is -0.637. The zero-order valence-corrected chi connectivity index (χ0v) is 10.5. The maximum Gasteiger partial charge on any atom is 0.240 e. The van der Waals surface area contributed by atoms with Crippen molar-refractivity contribution >= 4 is 5.91 Å². The van der Waals surface area contributed by atoms with Gasteiger partial charge >= 0.3 is 0 Å². The van der Waals surface area contributed by atoms with Crippen molar-refractivity contribution in [1.82, 2.24) is 5.32 Å². The van der Waals surface area contributed by atoms with E-state index in [2.05, 4.69) is 12.2 Å². The third kappa shape index (κ3) is 2.40. The van der Waals surface area contributed by atoms with E-state index in [1.807, 2.05) is 6.92 Å². The van der Waals surface area contributed by atoms with Crippen molar-refractivity contribution in [2.45, 2.75) is 57.9 Å². The molecule has 0 aromatic carbocycles. The van der Waals surface area contributed by atoms with E-state index in [1.165, 1.54) is 25.7 Å². The third-order valence-electron chi connectivity index (χ3n) is 4.28. The van der Waals surface area contributed by atoms with Crippen molar-refractivity contribution in [2.75, 3.05) is 6.54 Å². The maximum absolute atomic E-state index is 12.0. The summed E-state index contributed by atoms with van der Waals surface area (Å²) in [6, 6.07) is 0. The highest BCUT2D eigenvalue weighted by Gasteiger charge is 2.46. The number of rotatable bonds is 6. The molecule has 0 aromatic rings. The minimum Gasteiger partial charge on any atom is -0.354 e. The fraction of sp³-hybridized carbons (Fsp3) is 0.923. The van der Waals surface area contributed by atoms with Crippen LogP contribution >= 0.6 is 0 Å². The normalized spacial score (nSPS) is 25.9. The summed E-state index contributed by atoms with van der Waals surface area (Å²) in [5.41, 5.74) is 5.86. The van der Waals surface area contributed by atoms with Crippen LogP contribution in [0.5, 0.6) is 0 Å². The molecule has 0 aliphatic heterocycles. The molecule has 0 radical (unpaired) electrons. The first-order chi connectivity index (χ1) is 7.50. The summed E-state index contributed by atoms with van der Waals surface area (Å²) in [6.07, 6.45) is 7.20. The lowest BCUT2D eigenvalue weighted by atomic mass is 9.95. The lowest BCUT2D eigenvalue weighted by Gasteiger charge is -2.25. The Hall–Kier alpha value is -0.570. The van der Waals surface area contributed by atoms with Gasteiger partial charge in [-0.15, -0.1) is 0 Å². The summed E-state index contributed by atoms with van der Waals surface area (Å²) < 4.78 is 0. The maximum atomic E-state index is 12.0. The van der Waals surface area contributed by atoms with Gasteiger partial charge in [-0.25, -0.2) is 0 Å². The number of hydrogen-bond acceptors (Lipinski definition) is 2. The monoisotopic (exact) mass is 224 g/mol. The second kappa shape index (κ2) is 4.02. The number of carbonyl (C=O) groups excluding carboxylic acids is 1. The predicted molar refractivity (Wildman–Crippen MR) is 64.9 cm³/mol. The van der Waals surface area contributed by atoms with Crippen molar-refractivity contribution in [3.8, 4) is 0 Å². The first-order valence-corrected chi connectivity index (χ1v) is 6.57. The molecular weight excluding hydrogens is 200 g/mol. The van der Waals surface area contributed by atoms with E-state index in [0.717, 1.165) is 19.4 Å². The molecule has 1 atom stereocenters. The molecule has 2 fully saturated rings. The molecule has 0 heterocycles. The van der Waals surface area contributed by atoms with Gasteiger partial charge in [-0.05, 0) is 50.4 Å². The number of carbonyl (C=O) groups is 1. The molecule has 3 heteroatoms. The van der Waals surface area contributed by atoms with Gasteiger partial charge in [-0.2, -0.15) is 0 Å². The van der Waals surface area contributed by atoms with Crippen molar-refractivity contribution in [2.24, 2.45) is 17.1 Å². The van der Waals surface area contributed by atoms with Crippen molar-refractivity contribution in [3.05, 3.63) is 0 Å². The van der Waals surface area contributed by atoms with Gasteiger partial charge in [0.1, 0.15) is 0 Å². The minimum absolute atomic E-state index is 0.0531. The highest BCUT2D eigenvalue weighted by Crippen LogP contribution is 2.49. The summed E-state index contributed by atoms with van der Waals surface area (Å²) in [6.45, 7) is 4.91. The van der Waals surface area contributed by atoms with Crippen molar-refractivity contribution < 1.29 is 4.79 Å². The van der Waals surface area contributed by atoms with Gasteiger partial charge in [0.05, 0.1) is 5.54 Å². The summed E-state index contributed by atoms with van der Waals surface area (Å²) in [7, 11) is 0. The molecule has 0 bridgehead atoms. The predicted octanol–water partition coefficient (Wildman–Crippen LogP) is 1.81. The summed E-state index contributed by atoms with van der Waals surface area (Å²) in [5.74, 6) is 0.464. The van der Waals surface area contributed by atoms with Crippen LogP contribution in [0.25, 0.3) is 0 Å². The highest BCUT2D eigenvalue weighted by molar-refractivity contribution is 5.86. The van der Waals surface area contributed by atoms with Crippen LogP contribution in [0.3, 0.4) is 0 Å². The average Bonchev–Trinajstić information content (AvgIpc) is 3.09. The van der Waals surface area contributed by atoms with Crippen LogP contribution in [0.1, 0.15) is 52.4 Å². The summed E-state index contributed by atoms with van der Waals surface area (Å²) in [5, 5.41) is 3.07. The van der Waals surface area contributed by atoms with E-state index >= 15 is 0 Å². The van der Waals surface area contributed by atoms with E-state index in [-0.39, 0.29) is 5.91 Å². The molecule has 0 saturated heterocycles. The molecule has 92 valence electrons. The van der Waals surface area contributed by atoms with Crippen molar-refractivity contribution in [3.63, 3.8) is 0 Å². The second-order valence-corrected chi connectivity index (χ2v) is 5.99. The van der Waals surface area contributed by atoms with Crippen LogP contribution in [0.4, 0.5) is 0 Å². The van der Waals surface area contributed by atoms with Crippen LogP contribution in [-0.2, 0) is 4.79 Å². The van der Waals surface area contributed by atoms with E-state index in [0.29, 0.717) is 11.3 Å². The first kappa shape index (κ1) is 11.9. The highest BCUT2D eigenvalue weighted by atomic mass is 16.2. The Morgan fingerprint density at radius 1 is 1.50 bits per heavy atom. The van der Waals surface area contributed by atoms with E-state index in [1.54, 1.807) is 0 Å².